The normalized spacial score (nSPS) is 12.7. The Morgan fingerprint density at radius 2 is 1.52 bits per heavy atom. The number of hydroxylamine groups is 1. The van der Waals surface area contributed by atoms with Crippen molar-refractivity contribution < 1.29 is 62.7 Å². The first-order chi connectivity index (χ1) is 20.3. The van der Waals surface area contributed by atoms with Crippen LogP contribution in [-0.2, 0) is 22.2 Å². The van der Waals surface area contributed by atoms with Gasteiger partial charge in [0.15, 0.2) is 18.2 Å². The third-order valence-electron chi connectivity index (χ3n) is 5.62. The number of rotatable bonds is 12. The molecule has 1 atom stereocenters. The molecule has 2 aromatic rings. The molecular weight excluding hydrogens is 623 g/mol. The predicted octanol–water partition coefficient (Wildman–Crippen LogP) is 6.87. The van der Waals surface area contributed by atoms with E-state index in [0.29, 0.717) is 6.07 Å². The third kappa shape index (κ3) is 13.4. The summed E-state index contributed by atoms with van der Waals surface area (Å²) in [7, 11) is 0. The molecule has 3 N–H and O–H groups in total. The molecule has 44 heavy (non-hydrogen) atoms. The molecule has 0 aliphatic heterocycles. The highest BCUT2D eigenvalue weighted by atomic mass is 19.4. The Hall–Kier alpha value is -3.47. The van der Waals surface area contributed by atoms with Crippen LogP contribution in [-0.4, -0.2) is 43.9 Å². The number of aryl methyl sites for hydroxylation is 2. The van der Waals surface area contributed by atoms with Crippen molar-refractivity contribution in [2.75, 3.05) is 19.7 Å². The molecule has 2 aromatic carbocycles. The van der Waals surface area contributed by atoms with Crippen LogP contribution in [0.5, 0.6) is 0 Å². The largest absolute Gasteiger partial charge is 0.416 e. The highest BCUT2D eigenvalue weighted by molar-refractivity contribution is 5.97. The Morgan fingerprint density at radius 1 is 0.886 bits per heavy atom. The van der Waals surface area contributed by atoms with Crippen LogP contribution in [0.15, 0.2) is 30.3 Å². The lowest BCUT2D eigenvalue weighted by Crippen LogP contribution is -2.41. The Labute approximate surface area is 245 Å². The zero-order valence-electron chi connectivity index (χ0n) is 23.6. The molecule has 0 aromatic heterocycles. The van der Waals surface area contributed by atoms with Gasteiger partial charge in [0, 0.05) is 5.56 Å². The summed E-state index contributed by atoms with van der Waals surface area (Å²) in [6.45, 7) is 1.32. The van der Waals surface area contributed by atoms with E-state index in [1.807, 2.05) is 13.8 Å². The Balaban J connectivity index is 0.00000474. The molecule has 6 nitrogen and oxygen atoms in total. The molecule has 2 amide bonds. The smallest absolute Gasteiger partial charge is 0.345 e. The molecule has 2 rings (SSSR count). The zero-order chi connectivity index (χ0) is 33.9. The van der Waals surface area contributed by atoms with Crippen LogP contribution < -0.4 is 16.1 Å². The van der Waals surface area contributed by atoms with E-state index in [1.165, 1.54) is 25.1 Å². The molecule has 0 bridgehead atoms. The fraction of sp³-hybridized carbons (Fsp3) is 0.481. The molecule has 248 valence electrons. The second-order valence-electron chi connectivity index (χ2n) is 9.04. The SMILES string of the molecule is CC.Cc1cc(C(CCCc2cc(C(F)(F)F)cc(F)c2F)NOCC(F)(F)F)ccc1C(=O)NCC(=O)NCC(F)(F)F. The standard InChI is InChI=1S/C25H24F11N3O3.C2H6/c1-13-7-14(5-6-17(13)22(41)37-10-20(40)38-11-23(28,29)30)19(39-42-12-24(31,32)33)4-2-3-15-8-16(25(34,35)36)9-18(26)21(15)27;1-2/h5-9,19,39H,2-4,10-12H2,1H3,(H,37,41)(H,38,40);1-2H3. The van der Waals surface area contributed by atoms with Crippen molar-refractivity contribution in [3.63, 3.8) is 0 Å². The topological polar surface area (TPSA) is 79.5 Å². The monoisotopic (exact) mass is 653 g/mol. The van der Waals surface area contributed by atoms with Gasteiger partial charge in [0.2, 0.25) is 5.91 Å². The zero-order valence-corrected chi connectivity index (χ0v) is 23.6. The van der Waals surface area contributed by atoms with Gasteiger partial charge in [-0.3, -0.25) is 14.4 Å². The van der Waals surface area contributed by atoms with E-state index in [4.69, 9.17) is 0 Å². The van der Waals surface area contributed by atoms with Crippen LogP contribution in [0.25, 0.3) is 0 Å². The number of hydrogen-bond acceptors (Lipinski definition) is 4. The highest BCUT2D eigenvalue weighted by Crippen LogP contribution is 2.32. The molecule has 0 saturated heterocycles. The van der Waals surface area contributed by atoms with Gasteiger partial charge in [-0.25, -0.2) is 8.78 Å². The third-order valence-corrected chi connectivity index (χ3v) is 5.62. The number of halogens is 11. The lowest BCUT2D eigenvalue weighted by molar-refractivity contribution is -0.193. The molecular formula is C27H30F11N3O3. The number of amides is 2. The minimum Gasteiger partial charge on any atom is -0.345 e. The molecule has 0 spiro atoms. The minimum absolute atomic E-state index is 0.00358. The maximum atomic E-state index is 14.1. The van der Waals surface area contributed by atoms with Crippen LogP contribution in [0, 0.1) is 18.6 Å². The van der Waals surface area contributed by atoms with Crippen molar-refractivity contribution >= 4 is 11.8 Å². The van der Waals surface area contributed by atoms with Crippen molar-refractivity contribution in [2.24, 2.45) is 0 Å². The van der Waals surface area contributed by atoms with Crippen molar-refractivity contribution in [1.82, 2.24) is 16.1 Å². The van der Waals surface area contributed by atoms with E-state index in [9.17, 15) is 57.9 Å². The summed E-state index contributed by atoms with van der Waals surface area (Å²) >= 11 is 0. The van der Waals surface area contributed by atoms with Gasteiger partial charge in [-0.2, -0.15) is 45.0 Å². The van der Waals surface area contributed by atoms with Crippen molar-refractivity contribution in [1.29, 1.82) is 0 Å². The number of benzene rings is 2. The summed E-state index contributed by atoms with van der Waals surface area (Å²) < 4.78 is 141. The first-order valence-electron chi connectivity index (χ1n) is 13.0. The van der Waals surface area contributed by atoms with Crippen LogP contribution >= 0.6 is 0 Å². The molecule has 0 radical (unpaired) electrons. The second-order valence-corrected chi connectivity index (χ2v) is 9.04. The first-order valence-corrected chi connectivity index (χ1v) is 13.0. The number of hydrogen-bond donors (Lipinski definition) is 3. The van der Waals surface area contributed by atoms with E-state index < -0.39 is 85.3 Å². The van der Waals surface area contributed by atoms with Gasteiger partial charge in [-0.15, -0.1) is 0 Å². The minimum atomic E-state index is -4.95. The van der Waals surface area contributed by atoms with Gasteiger partial charge in [0.05, 0.1) is 18.2 Å². The molecule has 17 heteroatoms. The highest BCUT2D eigenvalue weighted by Gasteiger charge is 2.33. The average Bonchev–Trinajstić information content (AvgIpc) is 2.91. The number of carbonyl (C=O) groups excluding carboxylic acids is 2. The maximum absolute atomic E-state index is 14.1. The van der Waals surface area contributed by atoms with Gasteiger partial charge in [0.1, 0.15) is 6.54 Å². The van der Waals surface area contributed by atoms with Gasteiger partial charge < -0.3 is 10.6 Å². The summed E-state index contributed by atoms with van der Waals surface area (Å²) in [4.78, 5) is 28.4. The Morgan fingerprint density at radius 3 is 2.07 bits per heavy atom. The summed E-state index contributed by atoms with van der Waals surface area (Å²) in [5, 5.41) is 3.69. The van der Waals surface area contributed by atoms with E-state index in [1.54, 1.807) is 5.32 Å². The van der Waals surface area contributed by atoms with Crippen LogP contribution in [0.1, 0.15) is 65.3 Å². The molecule has 0 aliphatic carbocycles. The lowest BCUT2D eigenvalue weighted by Gasteiger charge is -2.21. The molecule has 0 fully saturated rings. The van der Waals surface area contributed by atoms with Gasteiger partial charge in [-0.1, -0.05) is 26.0 Å². The van der Waals surface area contributed by atoms with Crippen LogP contribution in [0.4, 0.5) is 48.3 Å². The number of alkyl halides is 9. The Kier molecular flexibility index (Phi) is 14.5. The maximum Gasteiger partial charge on any atom is 0.416 e. The van der Waals surface area contributed by atoms with Crippen molar-refractivity contribution in [3.05, 3.63) is 69.8 Å². The predicted molar refractivity (Wildman–Crippen MR) is 136 cm³/mol. The second kappa shape index (κ2) is 16.6. The van der Waals surface area contributed by atoms with E-state index in [0.717, 1.165) is 0 Å². The van der Waals surface area contributed by atoms with E-state index in [2.05, 4.69) is 15.6 Å². The van der Waals surface area contributed by atoms with Crippen molar-refractivity contribution in [2.45, 2.75) is 64.6 Å². The van der Waals surface area contributed by atoms with E-state index >= 15 is 0 Å². The summed E-state index contributed by atoms with van der Waals surface area (Å²) in [6.07, 6.45) is -15.0. The molecule has 0 aliphatic rings. The van der Waals surface area contributed by atoms with E-state index in [-0.39, 0.29) is 35.6 Å². The first kappa shape index (κ1) is 38.6. The van der Waals surface area contributed by atoms with Gasteiger partial charge in [-0.05, 0) is 61.1 Å². The number of nitrogens with one attached hydrogen (secondary N) is 3. The van der Waals surface area contributed by atoms with Crippen molar-refractivity contribution in [3.8, 4) is 0 Å². The summed E-state index contributed by atoms with van der Waals surface area (Å²) in [5.74, 6) is -5.18. The van der Waals surface area contributed by atoms with Crippen LogP contribution in [0.2, 0.25) is 0 Å². The fourth-order valence-electron chi connectivity index (χ4n) is 3.68. The van der Waals surface area contributed by atoms with Gasteiger partial charge in [0.25, 0.3) is 5.91 Å². The average molecular weight is 654 g/mol. The molecule has 1 unspecified atom stereocenters. The molecule has 0 saturated carbocycles. The summed E-state index contributed by atoms with van der Waals surface area (Å²) in [5.41, 5.74) is 0.600. The lowest BCUT2D eigenvalue weighted by atomic mass is 9.95. The molecule has 0 heterocycles. The van der Waals surface area contributed by atoms with Gasteiger partial charge >= 0.3 is 18.5 Å². The number of carbonyl (C=O) groups is 2. The Bertz CT molecular complexity index is 1250. The fourth-order valence-corrected chi connectivity index (χ4v) is 3.68. The quantitative estimate of drug-likeness (QED) is 0.173. The van der Waals surface area contributed by atoms with Crippen LogP contribution in [0.3, 0.4) is 0 Å². The summed E-state index contributed by atoms with van der Waals surface area (Å²) in [6, 6.07) is 3.22.